The lowest BCUT2D eigenvalue weighted by Gasteiger charge is -2.13. The average Bonchev–Trinajstić information content (AvgIpc) is 3.13. The van der Waals surface area contributed by atoms with E-state index in [2.05, 4.69) is 15.4 Å². The number of rotatable bonds is 5. The number of nitrogens with zero attached hydrogens (tertiary/aromatic N) is 3. The van der Waals surface area contributed by atoms with Crippen molar-refractivity contribution in [1.29, 1.82) is 0 Å². The van der Waals surface area contributed by atoms with Crippen LogP contribution in [0.25, 0.3) is 5.69 Å². The zero-order chi connectivity index (χ0) is 23.7. The summed E-state index contributed by atoms with van der Waals surface area (Å²) in [7, 11) is -3.57. The normalized spacial score (nSPS) is 11.8. The van der Waals surface area contributed by atoms with Crippen molar-refractivity contribution in [1.82, 2.24) is 9.78 Å². The number of guanidine groups is 1. The lowest BCUT2D eigenvalue weighted by Crippen LogP contribution is -2.22. The number of aromatic nitrogens is 2. The van der Waals surface area contributed by atoms with E-state index >= 15 is 0 Å². The van der Waals surface area contributed by atoms with Gasteiger partial charge in [0.25, 0.3) is 5.91 Å². The topological polar surface area (TPSA) is 145 Å². The van der Waals surface area contributed by atoms with Crippen molar-refractivity contribution in [3.8, 4) is 5.69 Å². The Hall–Kier alpha value is -3.87. The molecule has 0 spiro atoms. The molecule has 0 bridgehead atoms. The average molecular weight is 466 g/mol. The molecule has 1 amide bonds. The molecule has 3 aromatic rings. The van der Waals surface area contributed by atoms with Gasteiger partial charge in [0.05, 0.1) is 28.0 Å². The molecule has 0 saturated heterocycles. The van der Waals surface area contributed by atoms with Gasteiger partial charge < -0.3 is 16.8 Å². The Morgan fingerprint density at radius 1 is 1.12 bits per heavy atom. The summed E-state index contributed by atoms with van der Waals surface area (Å²) in [4.78, 5) is 16.3. The van der Waals surface area contributed by atoms with E-state index in [0.717, 1.165) is 18.5 Å². The van der Waals surface area contributed by atoms with Gasteiger partial charge in [0.15, 0.2) is 21.5 Å². The van der Waals surface area contributed by atoms with Crippen LogP contribution in [0.1, 0.15) is 16.1 Å². The highest BCUT2D eigenvalue weighted by atomic mass is 32.2. The van der Waals surface area contributed by atoms with Crippen molar-refractivity contribution in [2.45, 2.75) is 11.1 Å². The van der Waals surface area contributed by atoms with Gasteiger partial charge in [-0.1, -0.05) is 6.07 Å². The maximum absolute atomic E-state index is 13.8. The molecule has 0 aliphatic carbocycles. The zero-order valence-electron chi connectivity index (χ0n) is 16.5. The number of halogens is 3. The number of nitrogens with one attached hydrogen (secondary N) is 1. The molecule has 13 heteroatoms. The fraction of sp³-hybridized carbons (Fsp3) is 0.105. The van der Waals surface area contributed by atoms with Crippen LogP contribution in [0.5, 0.6) is 0 Å². The molecule has 0 unspecified atom stereocenters. The molecule has 5 N–H and O–H groups in total. The van der Waals surface area contributed by atoms with Crippen molar-refractivity contribution < 1.29 is 26.4 Å². The largest absolute Gasteiger partial charge is 0.434 e. The number of anilines is 1. The van der Waals surface area contributed by atoms with E-state index in [1.165, 1.54) is 42.5 Å². The van der Waals surface area contributed by atoms with Gasteiger partial charge in [-0.15, -0.1) is 0 Å². The summed E-state index contributed by atoms with van der Waals surface area (Å²) in [6, 6.07) is 10.5. The maximum Gasteiger partial charge on any atom is 0.434 e. The van der Waals surface area contributed by atoms with Crippen LogP contribution < -0.4 is 16.8 Å². The second kappa shape index (κ2) is 8.34. The molecule has 3 rings (SSSR count). The van der Waals surface area contributed by atoms with E-state index in [0.29, 0.717) is 10.4 Å². The quantitative estimate of drug-likeness (QED) is 0.389. The summed E-state index contributed by atoms with van der Waals surface area (Å²) in [5.41, 5.74) is 8.85. The number of nitrogens with two attached hydrogens (primary N) is 2. The van der Waals surface area contributed by atoms with Crippen LogP contribution in [0.2, 0.25) is 0 Å². The Balaban J connectivity index is 1.99. The third-order valence-corrected chi connectivity index (χ3v) is 5.27. The van der Waals surface area contributed by atoms with Gasteiger partial charge in [-0.2, -0.15) is 18.3 Å². The number of amides is 1. The fourth-order valence-electron chi connectivity index (χ4n) is 2.80. The number of benzene rings is 2. The lowest BCUT2D eigenvalue weighted by atomic mass is 10.2. The Bertz CT molecular complexity index is 1290. The minimum Gasteiger partial charge on any atom is -0.370 e. The number of sulfone groups is 1. The molecule has 168 valence electrons. The first-order valence-corrected chi connectivity index (χ1v) is 10.7. The van der Waals surface area contributed by atoms with Gasteiger partial charge in [0.2, 0.25) is 0 Å². The van der Waals surface area contributed by atoms with Crippen molar-refractivity contribution in [3.05, 3.63) is 66.0 Å². The van der Waals surface area contributed by atoms with E-state index < -0.39 is 33.2 Å². The summed E-state index contributed by atoms with van der Waals surface area (Å²) >= 11 is 0. The van der Waals surface area contributed by atoms with Crippen molar-refractivity contribution >= 4 is 33.1 Å². The fourth-order valence-corrected chi connectivity index (χ4v) is 3.47. The zero-order valence-corrected chi connectivity index (χ0v) is 17.3. The number of alkyl halides is 3. The molecule has 32 heavy (non-hydrogen) atoms. The summed E-state index contributed by atoms with van der Waals surface area (Å²) in [5.74, 6) is -1.32. The summed E-state index contributed by atoms with van der Waals surface area (Å²) in [5, 5.41) is 5.99. The highest BCUT2D eigenvalue weighted by Crippen LogP contribution is 2.34. The van der Waals surface area contributed by atoms with Crippen LogP contribution in [0.3, 0.4) is 0 Å². The predicted octanol–water partition coefficient (Wildman–Crippen LogP) is 2.45. The number of aliphatic imine (C=N–C) groups is 1. The summed E-state index contributed by atoms with van der Waals surface area (Å²) in [6.07, 6.45) is -3.17. The molecule has 0 fully saturated rings. The van der Waals surface area contributed by atoms with Gasteiger partial charge in [-0.05, 0) is 42.5 Å². The molecule has 2 aromatic carbocycles. The minimum atomic E-state index is -4.92. The van der Waals surface area contributed by atoms with Crippen molar-refractivity contribution in [2.75, 3.05) is 11.6 Å². The second-order valence-corrected chi connectivity index (χ2v) is 8.64. The number of carbonyl (C=O) groups excluding carboxylic acids is 1. The molecule has 0 aliphatic heterocycles. The molecule has 1 heterocycles. The van der Waals surface area contributed by atoms with E-state index in [-0.39, 0.29) is 22.2 Å². The van der Waals surface area contributed by atoms with Crippen molar-refractivity contribution in [2.24, 2.45) is 16.5 Å². The molecule has 0 aliphatic rings. The van der Waals surface area contributed by atoms with Crippen LogP contribution in [0.15, 0.2) is 64.6 Å². The highest BCUT2D eigenvalue weighted by molar-refractivity contribution is 7.90. The van der Waals surface area contributed by atoms with Crippen LogP contribution in [-0.2, 0) is 16.0 Å². The van der Waals surface area contributed by atoms with Crippen molar-refractivity contribution in [3.63, 3.8) is 0 Å². The van der Waals surface area contributed by atoms with Gasteiger partial charge in [0.1, 0.15) is 0 Å². The second-order valence-electron chi connectivity index (χ2n) is 6.62. The van der Waals surface area contributed by atoms with E-state index in [4.69, 9.17) is 11.5 Å². The number of hydrogen-bond donors (Lipinski definition) is 3. The Morgan fingerprint density at radius 3 is 2.34 bits per heavy atom. The molecule has 1 aromatic heterocycles. The lowest BCUT2D eigenvalue weighted by molar-refractivity contribution is -0.143. The van der Waals surface area contributed by atoms with Crippen LogP contribution in [0, 0.1) is 0 Å². The molecule has 9 nitrogen and oxygen atoms in total. The van der Waals surface area contributed by atoms with E-state index in [9.17, 15) is 26.4 Å². The smallest absolute Gasteiger partial charge is 0.370 e. The van der Waals surface area contributed by atoms with Gasteiger partial charge in [-0.25, -0.2) is 18.1 Å². The Morgan fingerprint density at radius 2 is 1.78 bits per heavy atom. The monoisotopic (exact) mass is 466 g/mol. The first-order chi connectivity index (χ1) is 14.9. The van der Waals surface area contributed by atoms with Gasteiger partial charge in [0, 0.05) is 11.9 Å². The summed E-state index contributed by atoms with van der Waals surface area (Å²) in [6.45, 7) is 0. The maximum atomic E-state index is 13.8. The molecule has 0 saturated carbocycles. The van der Waals surface area contributed by atoms with Crippen LogP contribution in [0.4, 0.5) is 24.5 Å². The third-order valence-electron chi connectivity index (χ3n) is 4.15. The van der Waals surface area contributed by atoms with E-state index in [1.807, 2.05) is 0 Å². The number of hydrogen-bond acceptors (Lipinski definition) is 5. The standard InChI is InChI=1S/C19H17F3N6O3S/c1-32(30,31)14-4-2-3-12(9-14)26-17(29)15-10-25-28(16(15)19(20,21)22)13-7-5-11(6-8-13)27-18(23)24/h2-10H,1H3,(H,26,29)(H4,23,24,27). The third kappa shape index (κ3) is 5.06. The van der Waals surface area contributed by atoms with E-state index in [1.54, 1.807) is 0 Å². The highest BCUT2D eigenvalue weighted by Gasteiger charge is 2.40. The Kier molecular flexibility index (Phi) is 5.94. The molecule has 0 atom stereocenters. The molecule has 0 radical (unpaired) electrons. The molecular formula is C19H17F3N6O3S. The summed E-state index contributed by atoms with van der Waals surface area (Å²) < 4.78 is 65.4. The molecular weight excluding hydrogens is 449 g/mol. The van der Waals surface area contributed by atoms with Crippen LogP contribution >= 0.6 is 0 Å². The first kappa shape index (κ1) is 22.8. The van der Waals surface area contributed by atoms with Crippen LogP contribution in [-0.4, -0.2) is 36.3 Å². The predicted molar refractivity (Wildman–Crippen MR) is 112 cm³/mol. The minimum absolute atomic E-state index is 0.0142. The van der Waals surface area contributed by atoms with Gasteiger partial charge in [-0.3, -0.25) is 4.79 Å². The Labute approximate surface area is 180 Å². The van der Waals surface area contributed by atoms with Gasteiger partial charge >= 0.3 is 6.18 Å². The SMILES string of the molecule is CS(=O)(=O)c1cccc(NC(=O)c2cnn(-c3ccc(N=C(N)N)cc3)c2C(F)(F)F)c1. The number of carbonyl (C=O) groups is 1. The first-order valence-electron chi connectivity index (χ1n) is 8.83.